The molecule has 3 heteroatoms. The molecule has 2 rings (SSSR count). The normalized spacial score (nSPS) is 12.6. The lowest BCUT2D eigenvalue weighted by atomic mass is 10.0. The molecule has 0 saturated carbocycles. The van der Waals surface area contributed by atoms with Crippen molar-refractivity contribution >= 4 is 0 Å². The molecule has 0 saturated heterocycles. The third-order valence-corrected chi connectivity index (χ3v) is 3.58. The largest absolute Gasteiger partial charge is 0.306 e. The van der Waals surface area contributed by atoms with Gasteiger partial charge < -0.3 is 10.2 Å². The molecule has 112 valence electrons. The van der Waals surface area contributed by atoms with Gasteiger partial charge in [0.15, 0.2) is 0 Å². The molecule has 2 nitrogen and oxygen atoms in total. The van der Waals surface area contributed by atoms with Crippen LogP contribution in [0.4, 0.5) is 4.39 Å². The van der Waals surface area contributed by atoms with Crippen molar-refractivity contribution in [3.63, 3.8) is 0 Å². The summed E-state index contributed by atoms with van der Waals surface area (Å²) in [6, 6.07) is 15.3. The van der Waals surface area contributed by atoms with Gasteiger partial charge in [0.2, 0.25) is 0 Å². The molecule has 1 atom stereocenters. The molecule has 0 radical (unpaired) electrons. The fourth-order valence-electron chi connectivity index (χ4n) is 2.42. The Balaban J connectivity index is 2.05. The summed E-state index contributed by atoms with van der Waals surface area (Å²) in [6.07, 6.45) is 0. The van der Waals surface area contributed by atoms with E-state index in [0.29, 0.717) is 5.56 Å². The quantitative estimate of drug-likeness (QED) is 0.870. The maximum atomic E-state index is 13.8. The summed E-state index contributed by atoms with van der Waals surface area (Å²) in [4.78, 5) is 2.15. The fourth-order valence-corrected chi connectivity index (χ4v) is 2.42. The van der Waals surface area contributed by atoms with Gasteiger partial charge in [-0.25, -0.2) is 4.39 Å². The van der Waals surface area contributed by atoms with Crippen molar-refractivity contribution < 1.29 is 4.39 Å². The van der Waals surface area contributed by atoms with E-state index in [1.807, 2.05) is 25.1 Å². The SMILES string of the molecule is CC(NCc1ccccc1CN(C)C)c1ccccc1F. The maximum Gasteiger partial charge on any atom is 0.127 e. The summed E-state index contributed by atoms with van der Waals surface area (Å²) in [5.41, 5.74) is 3.27. The van der Waals surface area contributed by atoms with E-state index in [0.717, 1.165) is 13.1 Å². The molecule has 21 heavy (non-hydrogen) atoms. The van der Waals surface area contributed by atoms with Crippen molar-refractivity contribution in [2.75, 3.05) is 14.1 Å². The number of hydrogen-bond acceptors (Lipinski definition) is 2. The van der Waals surface area contributed by atoms with Crippen LogP contribution in [0.5, 0.6) is 0 Å². The summed E-state index contributed by atoms with van der Waals surface area (Å²) in [7, 11) is 4.12. The lowest BCUT2D eigenvalue weighted by Crippen LogP contribution is -2.21. The second-order valence-electron chi connectivity index (χ2n) is 5.63. The van der Waals surface area contributed by atoms with Gasteiger partial charge in [-0.05, 0) is 38.2 Å². The summed E-state index contributed by atoms with van der Waals surface area (Å²) in [5.74, 6) is -0.154. The minimum atomic E-state index is -0.154. The second-order valence-corrected chi connectivity index (χ2v) is 5.63. The van der Waals surface area contributed by atoms with Gasteiger partial charge in [0.05, 0.1) is 0 Å². The molecule has 1 unspecified atom stereocenters. The Hall–Kier alpha value is -1.71. The average molecular weight is 286 g/mol. The lowest BCUT2D eigenvalue weighted by molar-refractivity contribution is 0.399. The van der Waals surface area contributed by atoms with Crippen molar-refractivity contribution in [2.24, 2.45) is 0 Å². The Morgan fingerprint density at radius 2 is 1.62 bits per heavy atom. The predicted molar refractivity (Wildman–Crippen MR) is 85.5 cm³/mol. The van der Waals surface area contributed by atoms with Crippen molar-refractivity contribution in [2.45, 2.75) is 26.1 Å². The molecule has 2 aromatic carbocycles. The van der Waals surface area contributed by atoms with Crippen molar-refractivity contribution in [1.82, 2.24) is 10.2 Å². The summed E-state index contributed by atoms with van der Waals surface area (Å²) in [6.45, 7) is 3.64. The van der Waals surface area contributed by atoms with E-state index in [4.69, 9.17) is 0 Å². The molecule has 0 aliphatic carbocycles. The highest BCUT2D eigenvalue weighted by Gasteiger charge is 2.10. The number of nitrogens with zero attached hydrogens (tertiary/aromatic N) is 1. The van der Waals surface area contributed by atoms with Crippen LogP contribution in [0.3, 0.4) is 0 Å². The van der Waals surface area contributed by atoms with Crippen LogP contribution >= 0.6 is 0 Å². The van der Waals surface area contributed by atoms with E-state index in [1.54, 1.807) is 6.07 Å². The molecule has 0 fully saturated rings. The standard InChI is InChI=1S/C18H23FN2/c1-14(17-10-6-7-11-18(17)19)20-12-15-8-4-5-9-16(15)13-21(2)3/h4-11,14,20H,12-13H2,1-3H3. The number of rotatable bonds is 6. The number of hydrogen-bond donors (Lipinski definition) is 1. The van der Waals surface area contributed by atoms with Gasteiger partial charge >= 0.3 is 0 Å². The topological polar surface area (TPSA) is 15.3 Å². The molecule has 0 aliphatic heterocycles. The number of nitrogens with one attached hydrogen (secondary N) is 1. The third-order valence-electron chi connectivity index (χ3n) is 3.58. The van der Waals surface area contributed by atoms with Crippen molar-refractivity contribution in [1.29, 1.82) is 0 Å². The average Bonchev–Trinajstić information content (AvgIpc) is 2.46. The van der Waals surface area contributed by atoms with Crippen LogP contribution in [-0.4, -0.2) is 19.0 Å². The van der Waals surface area contributed by atoms with E-state index in [9.17, 15) is 4.39 Å². The van der Waals surface area contributed by atoms with E-state index < -0.39 is 0 Å². The molecule has 0 amide bonds. The van der Waals surface area contributed by atoms with E-state index >= 15 is 0 Å². The minimum absolute atomic E-state index is 0.0152. The molecule has 0 aliphatic rings. The van der Waals surface area contributed by atoms with E-state index in [2.05, 4.69) is 42.5 Å². The first-order valence-electron chi connectivity index (χ1n) is 7.27. The zero-order chi connectivity index (χ0) is 15.2. The monoisotopic (exact) mass is 286 g/mol. The Morgan fingerprint density at radius 1 is 1.00 bits per heavy atom. The highest BCUT2D eigenvalue weighted by atomic mass is 19.1. The Labute approximate surface area is 126 Å². The third kappa shape index (κ3) is 4.38. The molecule has 2 aromatic rings. The van der Waals surface area contributed by atoms with Crippen LogP contribution < -0.4 is 5.32 Å². The second kappa shape index (κ2) is 7.34. The zero-order valence-electron chi connectivity index (χ0n) is 12.9. The first kappa shape index (κ1) is 15.7. The van der Waals surface area contributed by atoms with Crippen LogP contribution in [0, 0.1) is 5.82 Å². The Kier molecular flexibility index (Phi) is 5.48. The van der Waals surface area contributed by atoms with E-state index in [-0.39, 0.29) is 11.9 Å². The molecule has 0 aromatic heterocycles. The smallest absolute Gasteiger partial charge is 0.127 e. The molecular formula is C18H23FN2. The number of halogens is 1. The molecule has 0 heterocycles. The van der Waals surface area contributed by atoms with Gasteiger partial charge in [-0.1, -0.05) is 42.5 Å². The van der Waals surface area contributed by atoms with Crippen LogP contribution in [-0.2, 0) is 13.1 Å². The highest BCUT2D eigenvalue weighted by Crippen LogP contribution is 2.18. The van der Waals surface area contributed by atoms with Gasteiger partial charge in [0.1, 0.15) is 5.82 Å². The minimum Gasteiger partial charge on any atom is -0.306 e. The van der Waals surface area contributed by atoms with Gasteiger partial charge in [0.25, 0.3) is 0 Å². The summed E-state index contributed by atoms with van der Waals surface area (Å²) < 4.78 is 13.8. The zero-order valence-corrected chi connectivity index (χ0v) is 12.9. The molecule has 0 spiro atoms. The Morgan fingerprint density at radius 3 is 2.29 bits per heavy atom. The fraction of sp³-hybridized carbons (Fsp3) is 0.333. The van der Waals surface area contributed by atoms with Crippen molar-refractivity contribution in [3.8, 4) is 0 Å². The number of benzene rings is 2. The van der Waals surface area contributed by atoms with Gasteiger partial charge in [-0.2, -0.15) is 0 Å². The Bertz CT molecular complexity index is 581. The molecule has 1 N–H and O–H groups in total. The molecule has 0 bridgehead atoms. The van der Waals surface area contributed by atoms with Crippen LogP contribution in [0.25, 0.3) is 0 Å². The van der Waals surface area contributed by atoms with Crippen LogP contribution in [0.15, 0.2) is 48.5 Å². The van der Waals surface area contributed by atoms with Crippen LogP contribution in [0.2, 0.25) is 0 Å². The van der Waals surface area contributed by atoms with Gasteiger partial charge in [0, 0.05) is 24.7 Å². The maximum absolute atomic E-state index is 13.8. The summed E-state index contributed by atoms with van der Waals surface area (Å²) >= 11 is 0. The molecular weight excluding hydrogens is 263 g/mol. The van der Waals surface area contributed by atoms with Crippen molar-refractivity contribution in [3.05, 3.63) is 71.0 Å². The van der Waals surface area contributed by atoms with Gasteiger partial charge in [-0.3, -0.25) is 0 Å². The summed E-state index contributed by atoms with van der Waals surface area (Å²) in [5, 5.41) is 3.41. The highest BCUT2D eigenvalue weighted by molar-refractivity contribution is 5.27. The van der Waals surface area contributed by atoms with Gasteiger partial charge in [-0.15, -0.1) is 0 Å². The predicted octanol–water partition coefficient (Wildman–Crippen LogP) is 3.74. The first-order chi connectivity index (χ1) is 10.1. The van der Waals surface area contributed by atoms with Crippen LogP contribution in [0.1, 0.15) is 29.7 Å². The first-order valence-corrected chi connectivity index (χ1v) is 7.27. The lowest BCUT2D eigenvalue weighted by Gasteiger charge is -2.18. The van der Waals surface area contributed by atoms with E-state index in [1.165, 1.54) is 17.2 Å².